The van der Waals surface area contributed by atoms with Crippen molar-refractivity contribution in [2.75, 3.05) is 18.4 Å². The Hall–Kier alpha value is -3.04. The number of pyridine rings is 1. The fourth-order valence-corrected chi connectivity index (χ4v) is 4.03. The third-order valence-corrected chi connectivity index (χ3v) is 5.46. The van der Waals surface area contributed by atoms with E-state index < -0.39 is 5.82 Å². The summed E-state index contributed by atoms with van der Waals surface area (Å²) in [5.41, 5.74) is 1.41. The van der Waals surface area contributed by atoms with Crippen molar-refractivity contribution < 1.29 is 4.39 Å². The van der Waals surface area contributed by atoms with Gasteiger partial charge in [-0.15, -0.1) is 0 Å². The molecule has 5 heterocycles. The van der Waals surface area contributed by atoms with Crippen molar-refractivity contribution in [3.63, 3.8) is 0 Å². The number of aromatic nitrogens is 6. The maximum Gasteiger partial charge on any atom is 0.183 e. The van der Waals surface area contributed by atoms with Crippen LogP contribution < -0.4 is 5.32 Å². The van der Waals surface area contributed by atoms with Crippen LogP contribution in [0.15, 0.2) is 37.1 Å². The summed E-state index contributed by atoms with van der Waals surface area (Å²) >= 11 is 6.08. The topological polar surface area (TPSA) is 98.4 Å². The molecule has 0 unspecified atom stereocenters. The third kappa shape index (κ3) is 3.86. The number of piperidine rings is 1. The fourth-order valence-electron chi connectivity index (χ4n) is 3.87. The minimum atomic E-state index is -0.474. The maximum atomic E-state index is 14.5. The molecule has 0 saturated carbocycles. The van der Waals surface area contributed by atoms with Gasteiger partial charge in [0.05, 0.1) is 17.8 Å². The Bertz CT molecular complexity index is 1160. The highest BCUT2D eigenvalue weighted by Gasteiger charge is 2.22. The lowest BCUT2D eigenvalue weighted by Crippen LogP contribution is -2.42. The van der Waals surface area contributed by atoms with Gasteiger partial charge in [-0.1, -0.05) is 11.6 Å². The molecule has 0 aromatic carbocycles. The molecule has 1 aliphatic heterocycles. The monoisotopic (exact) mass is 426 g/mol. The molecule has 154 valence electrons. The van der Waals surface area contributed by atoms with E-state index in [9.17, 15) is 4.39 Å². The van der Waals surface area contributed by atoms with E-state index >= 15 is 0 Å². The average molecular weight is 427 g/mol. The summed E-state index contributed by atoms with van der Waals surface area (Å²) in [6.45, 7) is 2.51. The quantitative estimate of drug-likeness (QED) is 0.451. The largest absolute Gasteiger partial charge is 0.363 e. The van der Waals surface area contributed by atoms with Crippen LogP contribution in [0.25, 0.3) is 22.4 Å². The summed E-state index contributed by atoms with van der Waals surface area (Å²) in [4.78, 5) is 25.7. The highest BCUT2D eigenvalue weighted by Crippen LogP contribution is 2.28. The summed E-state index contributed by atoms with van der Waals surface area (Å²) in [6, 6.07) is 1.88. The van der Waals surface area contributed by atoms with E-state index in [0.29, 0.717) is 16.5 Å². The molecule has 0 amide bonds. The Labute approximate surface area is 176 Å². The molecule has 4 aromatic heterocycles. The third-order valence-electron chi connectivity index (χ3n) is 5.26. The standard InChI is InChI=1S/C20H20ClFN8/c21-12-6-14-15(8-26-18(14)25-7-12)19-27-9-16(22)20(29-19)28-13-2-1-5-30(10-13)11-17-23-3-4-24-17/h3-4,6-9,13H,1-2,5,10-11H2,(H,23,24)(H,25,26)(H,27,28,29)/t13-/m0/s1. The van der Waals surface area contributed by atoms with Gasteiger partial charge >= 0.3 is 0 Å². The number of rotatable bonds is 5. The van der Waals surface area contributed by atoms with E-state index in [1.165, 1.54) is 6.20 Å². The Morgan fingerprint density at radius 3 is 3.03 bits per heavy atom. The molecular weight excluding hydrogens is 407 g/mol. The average Bonchev–Trinajstić information content (AvgIpc) is 3.39. The minimum Gasteiger partial charge on any atom is -0.363 e. The summed E-state index contributed by atoms with van der Waals surface area (Å²) in [5.74, 6) is 1.07. The molecule has 1 atom stereocenters. The zero-order chi connectivity index (χ0) is 20.5. The summed E-state index contributed by atoms with van der Waals surface area (Å²) in [6.07, 6.45) is 10.1. The summed E-state index contributed by atoms with van der Waals surface area (Å²) < 4.78 is 14.5. The molecule has 4 aromatic rings. The van der Waals surface area contributed by atoms with Crippen molar-refractivity contribution in [3.05, 3.63) is 53.7 Å². The van der Waals surface area contributed by atoms with Crippen LogP contribution in [0.1, 0.15) is 18.7 Å². The van der Waals surface area contributed by atoms with Crippen LogP contribution in [0.5, 0.6) is 0 Å². The smallest absolute Gasteiger partial charge is 0.183 e. The SMILES string of the molecule is Fc1cnc(-c2c[nH]c3ncc(Cl)cc23)nc1N[C@H]1CCCN(Cc2ncc[nH]2)C1. The van der Waals surface area contributed by atoms with Crippen LogP contribution >= 0.6 is 11.6 Å². The van der Waals surface area contributed by atoms with Crippen LogP contribution in [0.2, 0.25) is 5.02 Å². The minimum absolute atomic E-state index is 0.0880. The highest BCUT2D eigenvalue weighted by molar-refractivity contribution is 6.31. The second kappa shape index (κ2) is 8.00. The molecule has 5 rings (SSSR count). The highest BCUT2D eigenvalue weighted by atomic mass is 35.5. The first-order valence-corrected chi connectivity index (χ1v) is 10.2. The zero-order valence-corrected chi connectivity index (χ0v) is 16.8. The van der Waals surface area contributed by atoms with Gasteiger partial charge < -0.3 is 15.3 Å². The molecule has 1 aliphatic rings. The van der Waals surface area contributed by atoms with Crippen molar-refractivity contribution >= 4 is 28.5 Å². The molecule has 30 heavy (non-hydrogen) atoms. The van der Waals surface area contributed by atoms with Crippen molar-refractivity contribution in [1.82, 2.24) is 34.8 Å². The van der Waals surface area contributed by atoms with E-state index in [4.69, 9.17) is 11.6 Å². The molecule has 3 N–H and O–H groups in total. The van der Waals surface area contributed by atoms with Crippen LogP contribution in [0.4, 0.5) is 10.2 Å². The van der Waals surface area contributed by atoms with Crippen LogP contribution in [-0.2, 0) is 6.54 Å². The van der Waals surface area contributed by atoms with Gasteiger partial charge in [0, 0.05) is 48.3 Å². The van der Waals surface area contributed by atoms with Gasteiger partial charge in [0.2, 0.25) is 0 Å². The van der Waals surface area contributed by atoms with Gasteiger partial charge in [-0.25, -0.2) is 24.3 Å². The molecule has 8 nitrogen and oxygen atoms in total. The second-order valence-electron chi connectivity index (χ2n) is 7.40. The fraction of sp³-hybridized carbons (Fsp3) is 0.300. The normalized spacial score (nSPS) is 17.5. The first kappa shape index (κ1) is 19.0. The van der Waals surface area contributed by atoms with Crippen molar-refractivity contribution in [2.45, 2.75) is 25.4 Å². The van der Waals surface area contributed by atoms with E-state index in [1.807, 2.05) is 6.20 Å². The number of aromatic amines is 2. The van der Waals surface area contributed by atoms with Gasteiger partial charge in [0.15, 0.2) is 17.5 Å². The first-order chi connectivity index (χ1) is 14.7. The van der Waals surface area contributed by atoms with Crippen LogP contribution in [-0.4, -0.2) is 53.9 Å². The van der Waals surface area contributed by atoms with E-state index in [-0.39, 0.29) is 11.9 Å². The first-order valence-electron chi connectivity index (χ1n) is 9.78. The number of hydrogen-bond donors (Lipinski definition) is 3. The Balaban J connectivity index is 1.36. The van der Waals surface area contributed by atoms with Gasteiger partial charge in [-0.05, 0) is 25.5 Å². The predicted molar refractivity (Wildman–Crippen MR) is 113 cm³/mol. The van der Waals surface area contributed by atoms with Gasteiger partial charge in [0.1, 0.15) is 11.5 Å². The van der Waals surface area contributed by atoms with Crippen LogP contribution in [0, 0.1) is 5.82 Å². The lowest BCUT2D eigenvalue weighted by Gasteiger charge is -2.32. The number of nitrogens with zero attached hydrogens (tertiary/aromatic N) is 5. The van der Waals surface area contributed by atoms with E-state index in [0.717, 1.165) is 49.2 Å². The number of likely N-dealkylation sites (tertiary alicyclic amines) is 1. The number of nitrogens with one attached hydrogen (secondary N) is 3. The summed E-state index contributed by atoms with van der Waals surface area (Å²) in [7, 11) is 0. The Morgan fingerprint density at radius 2 is 2.17 bits per heavy atom. The number of H-pyrrole nitrogens is 2. The van der Waals surface area contributed by atoms with Gasteiger partial charge in [-0.3, -0.25) is 4.90 Å². The second-order valence-corrected chi connectivity index (χ2v) is 7.83. The Morgan fingerprint density at radius 1 is 1.23 bits per heavy atom. The van der Waals surface area contributed by atoms with Crippen LogP contribution in [0.3, 0.4) is 0 Å². The molecule has 1 fully saturated rings. The lowest BCUT2D eigenvalue weighted by molar-refractivity contribution is 0.204. The van der Waals surface area contributed by atoms with Crippen molar-refractivity contribution in [1.29, 1.82) is 0 Å². The molecule has 0 aliphatic carbocycles. The lowest BCUT2D eigenvalue weighted by atomic mass is 10.1. The number of fused-ring (bicyclic) bond motifs is 1. The molecule has 0 spiro atoms. The molecule has 1 saturated heterocycles. The molecule has 0 bridgehead atoms. The molecule has 10 heteroatoms. The molecular formula is C20H20ClFN8. The van der Waals surface area contributed by atoms with Gasteiger partial charge in [0.25, 0.3) is 0 Å². The van der Waals surface area contributed by atoms with Gasteiger partial charge in [-0.2, -0.15) is 0 Å². The van der Waals surface area contributed by atoms with E-state index in [2.05, 4.69) is 40.1 Å². The molecule has 0 radical (unpaired) electrons. The van der Waals surface area contributed by atoms with Crippen molar-refractivity contribution in [2.24, 2.45) is 0 Å². The number of hydrogen-bond acceptors (Lipinski definition) is 6. The van der Waals surface area contributed by atoms with Crippen molar-refractivity contribution in [3.8, 4) is 11.4 Å². The number of halogens is 2. The Kier molecular flexibility index (Phi) is 5.06. The summed E-state index contributed by atoms with van der Waals surface area (Å²) in [5, 5.41) is 4.58. The van der Waals surface area contributed by atoms with E-state index in [1.54, 1.807) is 24.7 Å². The maximum absolute atomic E-state index is 14.5. The zero-order valence-electron chi connectivity index (χ0n) is 16.1. The predicted octanol–water partition coefficient (Wildman–Crippen LogP) is 3.61. The number of anilines is 1. The number of imidazole rings is 1.